The molecule has 2 unspecified atom stereocenters. The van der Waals surface area contributed by atoms with Gasteiger partial charge in [-0.15, -0.1) is 0 Å². The third kappa shape index (κ3) is 3.16. The predicted molar refractivity (Wildman–Crippen MR) is 125 cm³/mol. The number of benzene rings is 2. The number of fused-ring (bicyclic) bond motifs is 1. The van der Waals surface area contributed by atoms with E-state index in [4.69, 9.17) is 11.6 Å². The summed E-state index contributed by atoms with van der Waals surface area (Å²) >= 11 is 6.23. The molecule has 6 atom stereocenters. The van der Waals surface area contributed by atoms with E-state index in [0.29, 0.717) is 22.9 Å². The Balaban J connectivity index is 1.25. The molecule has 1 nitrogen and oxygen atoms in total. The summed E-state index contributed by atoms with van der Waals surface area (Å²) in [7, 11) is 0. The van der Waals surface area contributed by atoms with Gasteiger partial charge in [0.2, 0.25) is 0 Å². The van der Waals surface area contributed by atoms with E-state index in [1.54, 1.807) is 16.7 Å². The highest BCUT2D eigenvalue weighted by Crippen LogP contribution is 2.66. The Morgan fingerprint density at radius 3 is 2.37 bits per heavy atom. The molecule has 4 fully saturated rings. The molecule has 5 aliphatic rings. The minimum absolute atomic E-state index is 0.393. The van der Waals surface area contributed by atoms with Crippen molar-refractivity contribution in [3.8, 4) is 0 Å². The van der Waals surface area contributed by atoms with Crippen LogP contribution in [0.15, 0.2) is 48.5 Å². The monoisotopic (exact) mass is 419 g/mol. The lowest BCUT2D eigenvalue weighted by Gasteiger charge is -2.64. The van der Waals surface area contributed by atoms with Crippen molar-refractivity contribution < 1.29 is 0 Å². The van der Waals surface area contributed by atoms with Crippen molar-refractivity contribution in [1.82, 2.24) is 5.32 Å². The van der Waals surface area contributed by atoms with Gasteiger partial charge in [0.1, 0.15) is 0 Å². The first-order chi connectivity index (χ1) is 14.5. The highest BCUT2D eigenvalue weighted by Gasteiger charge is 2.59. The van der Waals surface area contributed by atoms with Gasteiger partial charge in [0, 0.05) is 17.1 Å². The average Bonchev–Trinajstić information content (AvgIpc) is 2.73. The van der Waals surface area contributed by atoms with E-state index in [1.807, 2.05) is 0 Å². The molecule has 7 rings (SSSR count). The molecule has 0 heterocycles. The van der Waals surface area contributed by atoms with Gasteiger partial charge in [-0.25, -0.2) is 0 Å². The van der Waals surface area contributed by atoms with Crippen LogP contribution in [0.1, 0.15) is 68.6 Å². The van der Waals surface area contributed by atoms with Crippen LogP contribution in [0.4, 0.5) is 0 Å². The summed E-state index contributed by atoms with van der Waals surface area (Å²) in [6, 6.07) is 19.2. The molecule has 2 aromatic rings. The van der Waals surface area contributed by atoms with E-state index in [0.717, 1.165) is 16.9 Å². The zero-order valence-corrected chi connectivity index (χ0v) is 18.9. The maximum Gasteiger partial charge on any atom is 0.0406 e. The van der Waals surface area contributed by atoms with Crippen molar-refractivity contribution in [2.75, 3.05) is 0 Å². The smallest absolute Gasteiger partial charge is 0.0406 e. The van der Waals surface area contributed by atoms with Crippen molar-refractivity contribution in [3.05, 3.63) is 70.2 Å². The Hall–Kier alpha value is -1.31. The SMILES string of the molecule is C[C@@H](N[C@@H]1CCc2ccccc2C1)C12C[C@@H]3C[C@@H](CC(c4ccc(Cl)cc4)(C3)C1)C2. The minimum Gasteiger partial charge on any atom is -0.311 e. The second kappa shape index (κ2) is 7.10. The standard InChI is InChI=1S/C28H34ClN/c1-19(30-26-11-6-22-4-2-3-5-23(22)13-26)27-14-20-12-21(15-27)17-28(16-20,18-27)24-7-9-25(29)10-8-24/h2-5,7-10,19-21,26,30H,6,11-18H2,1H3/t19-,20-,21+,26-,27?,28?/m1/s1. The number of nitrogens with one attached hydrogen (secondary N) is 1. The fourth-order valence-electron chi connectivity index (χ4n) is 8.35. The Morgan fingerprint density at radius 1 is 0.933 bits per heavy atom. The maximum atomic E-state index is 6.23. The van der Waals surface area contributed by atoms with Crippen molar-refractivity contribution in [3.63, 3.8) is 0 Å². The number of hydrogen-bond acceptors (Lipinski definition) is 1. The van der Waals surface area contributed by atoms with E-state index < -0.39 is 0 Å². The van der Waals surface area contributed by atoms with E-state index >= 15 is 0 Å². The van der Waals surface area contributed by atoms with E-state index in [-0.39, 0.29) is 0 Å². The molecule has 0 aliphatic heterocycles. The summed E-state index contributed by atoms with van der Waals surface area (Å²) in [5, 5.41) is 5.04. The lowest BCUT2D eigenvalue weighted by Crippen LogP contribution is -2.61. The Kier molecular flexibility index (Phi) is 4.59. The first-order valence-corrected chi connectivity index (χ1v) is 12.5. The Morgan fingerprint density at radius 2 is 1.63 bits per heavy atom. The average molecular weight is 420 g/mol. The summed E-state index contributed by atoms with van der Waals surface area (Å²) < 4.78 is 0. The number of hydrogen-bond donors (Lipinski definition) is 1. The second-order valence-corrected chi connectivity index (χ2v) is 11.6. The zero-order chi connectivity index (χ0) is 20.3. The van der Waals surface area contributed by atoms with Crippen LogP contribution in [-0.2, 0) is 18.3 Å². The van der Waals surface area contributed by atoms with Crippen LogP contribution in [0.25, 0.3) is 0 Å². The molecule has 4 saturated carbocycles. The Labute approximate surface area is 186 Å². The van der Waals surface area contributed by atoms with Gasteiger partial charge in [-0.2, -0.15) is 0 Å². The summed E-state index contributed by atoms with van der Waals surface area (Å²) in [6.45, 7) is 2.52. The molecule has 1 N–H and O–H groups in total. The molecule has 158 valence electrons. The molecule has 2 aromatic carbocycles. The topological polar surface area (TPSA) is 12.0 Å². The van der Waals surface area contributed by atoms with E-state index in [1.165, 1.54) is 57.8 Å². The van der Waals surface area contributed by atoms with Crippen LogP contribution in [0.5, 0.6) is 0 Å². The van der Waals surface area contributed by atoms with Gasteiger partial charge >= 0.3 is 0 Å². The molecule has 30 heavy (non-hydrogen) atoms. The molecular formula is C28H34ClN. The van der Waals surface area contributed by atoms with Crippen molar-refractivity contribution in [2.45, 2.75) is 82.2 Å². The third-order valence-corrected chi connectivity index (χ3v) is 9.57. The van der Waals surface area contributed by atoms with Crippen LogP contribution < -0.4 is 5.32 Å². The highest BCUT2D eigenvalue weighted by atomic mass is 35.5. The lowest BCUT2D eigenvalue weighted by molar-refractivity contribution is -0.0897. The highest BCUT2D eigenvalue weighted by molar-refractivity contribution is 6.30. The largest absolute Gasteiger partial charge is 0.311 e. The van der Waals surface area contributed by atoms with Crippen molar-refractivity contribution >= 4 is 11.6 Å². The Bertz CT molecular complexity index is 918. The number of halogens is 1. The molecule has 2 heteroatoms. The second-order valence-electron chi connectivity index (χ2n) is 11.2. The van der Waals surface area contributed by atoms with Crippen molar-refractivity contribution in [1.29, 1.82) is 0 Å². The lowest BCUT2D eigenvalue weighted by atomic mass is 9.41. The van der Waals surface area contributed by atoms with Crippen LogP contribution >= 0.6 is 11.6 Å². The van der Waals surface area contributed by atoms with Gasteiger partial charge in [0.15, 0.2) is 0 Å². The molecule has 0 saturated heterocycles. The summed E-state index contributed by atoms with van der Waals surface area (Å²) in [5.41, 5.74) is 5.56. The van der Waals surface area contributed by atoms with E-state index in [2.05, 4.69) is 60.8 Å². The molecule has 0 aromatic heterocycles. The fourth-order valence-corrected chi connectivity index (χ4v) is 8.48. The van der Waals surface area contributed by atoms with Gasteiger partial charge in [0.05, 0.1) is 0 Å². The normalized spacial score (nSPS) is 37.7. The molecular weight excluding hydrogens is 386 g/mol. The van der Waals surface area contributed by atoms with Gasteiger partial charge in [-0.3, -0.25) is 0 Å². The van der Waals surface area contributed by atoms with Crippen LogP contribution in [-0.4, -0.2) is 12.1 Å². The van der Waals surface area contributed by atoms with Gasteiger partial charge in [-0.05, 0) is 116 Å². The fraction of sp³-hybridized carbons (Fsp3) is 0.571. The number of aryl methyl sites for hydroxylation is 1. The quantitative estimate of drug-likeness (QED) is 0.580. The first-order valence-electron chi connectivity index (χ1n) is 12.1. The summed E-state index contributed by atoms with van der Waals surface area (Å²) in [6.07, 6.45) is 12.2. The minimum atomic E-state index is 0.393. The van der Waals surface area contributed by atoms with Gasteiger partial charge < -0.3 is 5.32 Å². The van der Waals surface area contributed by atoms with Crippen LogP contribution in [0, 0.1) is 17.3 Å². The van der Waals surface area contributed by atoms with Crippen LogP contribution in [0.2, 0.25) is 5.02 Å². The number of rotatable bonds is 4. The molecule has 5 aliphatic carbocycles. The van der Waals surface area contributed by atoms with Crippen LogP contribution in [0.3, 0.4) is 0 Å². The first kappa shape index (κ1) is 19.4. The molecule has 4 bridgehead atoms. The zero-order valence-electron chi connectivity index (χ0n) is 18.2. The van der Waals surface area contributed by atoms with Crippen molar-refractivity contribution in [2.24, 2.45) is 17.3 Å². The molecule has 0 radical (unpaired) electrons. The van der Waals surface area contributed by atoms with Gasteiger partial charge in [0.25, 0.3) is 0 Å². The maximum absolute atomic E-state index is 6.23. The summed E-state index contributed by atoms with van der Waals surface area (Å²) in [5.74, 6) is 1.83. The van der Waals surface area contributed by atoms with E-state index in [9.17, 15) is 0 Å². The summed E-state index contributed by atoms with van der Waals surface area (Å²) in [4.78, 5) is 0. The van der Waals surface area contributed by atoms with Gasteiger partial charge in [-0.1, -0.05) is 48.0 Å². The molecule has 0 spiro atoms. The third-order valence-electron chi connectivity index (χ3n) is 9.31. The predicted octanol–water partition coefficient (Wildman–Crippen LogP) is 6.71. The molecule has 0 amide bonds.